The summed E-state index contributed by atoms with van der Waals surface area (Å²) in [5.74, 6) is 1.43. The highest BCUT2D eigenvalue weighted by molar-refractivity contribution is 6.29. The molecule has 5 heteroatoms. The molecule has 1 aromatic rings. The van der Waals surface area contributed by atoms with E-state index in [0.29, 0.717) is 29.6 Å². The van der Waals surface area contributed by atoms with Gasteiger partial charge in [0.15, 0.2) is 5.82 Å². The minimum atomic E-state index is 0.386. The normalized spacial score (nSPS) is 17.6. The van der Waals surface area contributed by atoms with Crippen LogP contribution in [0.4, 0.5) is 5.82 Å². The second-order valence-electron chi connectivity index (χ2n) is 5.50. The van der Waals surface area contributed by atoms with Gasteiger partial charge in [-0.05, 0) is 25.2 Å². The van der Waals surface area contributed by atoms with Gasteiger partial charge in [0, 0.05) is 19.2 Å². The molecule has 1 saturated carbocycles. The van der Waals surface area contributed by atoms with Crippen molar-refractivity contribution in [3.8, 4) is 0 Å². The average Bonchev–Trinajstić information content (AvgIpc) is 2.81. The van der Waals surface area contributed by atoms with Crippen molar-refractivity contribution in [2.45, 2.75) is 46.1 Å². The molecule has 0 amide bonds. The summed E-state index contributed by atoms with van der Waals surface area (Å²) in [5, 5.41) is 3.86. The summed E-state index contributed by atoms with van der Waals surface area (Å²) < 4.78 is 5.32. The lowest BCUT2D eigenvalue weighted by Crippen LogP contribution is -2.23. The number of aromatic nitrogens is 2. The van der Waals surface area contributed by atoms with Gasteiger partial charge < -0.3 is 10.1 Å². The fourth-order valence-electron chi connectivity index (χ4n) is 2.52. The second kappa shape index (κ2) is 6.53. The molecule has 0 unspecified atom stereocenters. The van der Waals surface area contributed by atoms with Gasteiger partial charge in [-0.15, -0.1) is 0 Å². The third-order valence-electron chi connectivity index (χ3n) is 3.68. The van der Waals surface area contributed by atoms with Crippen molar-refractivity contribution in [3.05, 3.63) is 17.0 Å². The molecule has 1 aromatic heterocycles. The molecule has 1 aliphatic rings. The molecule has 0 aliphatic heterocycles. The summed E-state index contributed by atoms with van der Waals surface area (Å²) in [4.78, 5) is 8.59. The number of ether oxygens (including phenoxy) is 1. The zero-order valence-corrected chi connectivity index (χ0v) is 12.5. The number of anilines is 1. The van der Waals surface area contributed by atoms with E-state index in [1.54, 1.807) is 6.07 Å². The van der Waals surface area contributed by atoms with E-state index in [0.717, 1.165) is 12.4 Å². The average molecular weight is 284 g/mol. The monoisotopic (exact) mass is 283 g/mol. The number of rotatable bonds is 6. The van der Waals surface area contributed by atoms with Crippen LogP contribution in [0.3, 0.4) is 0 Å². The van der Waals surface area contributed by atoms with E-state index in [-0.39, 0.29) is 0 Å². The summed E-state index contributed by atoms with van der Waals surface area (Å²) in [7, 11) is 0. The maximum Gasteiger partial charge on any atom is 0.158 e. The summed E-state index contributed by atoms with van der Waals surface area (Å²) in [6.45, 7) is 6.27. The van der Waals surface area contributed by atoms with E-state index in [4.69, 9.17) is 16.3 Å². The Labute approximate surface area is 119 Å². The lowest BCUT2D eigenvalue weighted by molar-refractivity contribution is 0.128. The van der Waals surface area contributed by atoms with Crippen LogP contribution in [0.25, 0.3) is 0 Å². The molecule has 19 heavy (non-hydrogen) atoms. The van der Waals surface area contributed by atoms with Crippen LogP contribution in [-0.4, -0.2) is 23.1 Å². The van der Waals surface area contributed by atoms with Crippen LogP contribution in [0.15, 0.2) is 6.07 Å². The van der Waals surface area contributed by atoms with Crippen molar-refractivity contribution in [1.82, 2.24) is 9.97 Å². The minimum absolute atomic E-state index is 0.386. The van der Waals surface area contributed by atoms with Gasteiger partial charge in [-0.1, -0.05) is 31.4 Å². The largest absolute Gasteiger partial charge is 0.374 e. The Morgan fingerprint density at radius 3 is 2.79 bits per heavy atom. The van der Waals surface area contributed by atoms with Gasteiger partial charge in [0.25, 0.3) is 0 Å². The van der Waals surface area contributed by atoms with Crippen molar-refractivity contribution in [3.63, 3.8) is 0 Å². The van der Waals surface area contributed by atoms with Crippen molar-refractivity contribution >= 4 is 17.4 Å². The molecule has 0 saturated heterocycles. The van der Waals surface area contributed by atoms with Gasteiger partial charge in [-0.3, -0.25) is 0 Å². The minimum Gasteiger partial charge on any atom is -0.374 e. The van der Waals surface area contributed by atoms with Crippen LogP contribution in [0.2, 0.25) is 5.15 Å². The third kappa shape index (κ3) is 4.32. The van der Waals surface area contributed by atoms with Crippen LogP contribution in [0.1, 0.15) is 45.4 Å². The molecule has 4 nitrogen and oxygen atoms in total. The first kappa shape index (κ1) is 14.5. The Morgan fingerprint density at radius 2 is 2.11 bits per heavy atom. The highest BCUT2D eigenvalue weighted by Crippen LogP contribution is 2.37. The molecule has 0 aromatic carbocycles. The lowest BCUT2D eigenvalue weighted by Gasteiger charge is -2.24. The second-order valence-corrected chi connectivity index (χ2v) is 5.89. The molecule has 0 atom stereocenters. The highest BCUT2D eigenvalue weighted by Gasteiger charge is 2.28. The quantitative estimate of drug-likeness (QED) is 0.810. The first-order valence-electron chi connectivity index (χ1n) is 6.96. The van der Waals surface area contributed by atoms with Gasteiger partial charge in [0.2, 0.25) is 0 Å². The van der Waals surface area contributed by atoms with Gasteiger partial charge in [-0.2, -0.15) is 0 Å². The van der Waals surface area contributed by atoms with E-state index >= 15 is 0 Å². The Hall–Kier alpha value is -0.870. The number of halogens is 1. The zero-order chi connectivity index (χ0) is 13.7. The summed E-state index contributed by atoms with van der Waals surface area (Å²) in [5.41, 5.74) is 0.386. The van der Waals surface area contributed by atoms with E-state index in [1.165, 1.54) is 25.7 Å². The topological polar surface area (TPSA) is 47.0 Å². The number of nitrogens with one attached hydrogen (secondary N) is 1. The first-order chi connectivity index (χ1) is 9.11. The van der Waals surface area contributed by atoms with Gasteiger partial charge in [0.05, 0.1) is 0 Å². The molecule has 1 fully saturated rings. The van der Waals surface area contributed by atoms with Crippen LogP contribution in [0.5, 0.6) is 0 Å². The van der Waals surface area contributed by atoms with Crippen molar-refractivity contribution < 1.29 is 4.74 Å². The van der Waals surface area contributed by atoms with Gasteiger partial charge >= 0.3 is 0 Å². The molecule has 0 spiro atoms. The fraction of sp³-hybridized carbons (Fsp3) is 0.714. The lowest BCUT2D eigenvalue weighted by atomic mass is 9.89. The molecule has 0 radical (unpaired) electrons. The predicted octanol–water partition coefficient (Wildman–Crippen LogP) is 3.66. The van der Waals surface area contributed by atoms with Crippen molar-refractivity contribution in [2.24, 2.45) is 5.41 Å². The van der Waals surface area contributed by atoms with E-state index in [9.17, 15) is 0 Å². The van der Waals surface area contributed by atoms with Gasteiger partial charge in [0.1, 0.15) is 17.6 Å². The van der Waals surface area contributed by atoms with E-state index in [1.807, 2.05) is 6.92 Å². The van der Waals surface area contributed by atoms with Crippen LogP contribution in [-0.2, 0) is 11.3 Å². The maximum atomic E-state index is 6.01. The van der Waals surface area contributed by atoms with Gasteiger partial charge in [-0.25, -0.2) is 9.97 Å². The SMILES string of the molecule is CCOCc1nc(Cl)cc(NCC2(C)CCCC2)n1. The molecule has 0 bridgehead atoms. The Balaban J connectivity index is 1.97. The van der Waals surface area contributed by atoms with Crippen molar-refractivity contribution in [2.75, 3.05) is 18.5 Å². The first-order valence-corrected chi connectivity index (χ1v) is 7.34. The molecule has 1 aliphatic carbocycles. The molecule has 1 N–H and O–H groups in total. The number of hydrogen-bond donors (Lipinski definition) is 1. The van der Waals surface area contributed by atoms with Crippen LogP contribution >= 0.6 is 11.6 Å². The molecule has 1 heterocycles. The Bertz CT molecular complexity index is 419. The molecular weight excluding hydrogens is 262 g/mol. The molecule has 106 valence electrons. The Morgan fingerprint density at radius 1 is 1.37 bits per heavy atom. The third-order valence-corrected chi connectivity index (χ3v) is 3.88. The highest BCUT2D eigenvalue weighted by atomic mass is 35.5. The summed E-state index contributed by atoms with van der Waals surface area (Å²) in [6, 6.07) is 1.77. The smallest absolute Gasteiger partial charge is 0.158 e. The number of hydrogen-bond acceptors (Lipinski definition) is 4. The van der Waals surface area contributed by atoms with E-state index < -0.39 is 0 Å². The predicted molar refractivity (Wildman–Crippen MR) is 77.4 cm³/mol. The zero-order valence-electron chi connectivity index (χ0n) is 11.7. The molecule has 2 rings (SSSR count). The summed E-state index contributed by atoms with van der Waals surface area (Å²) >= 11 is 6.01. The Kier molecular flexibility index (Phi) is 4.99. The summed E-state index contributed by atoms with van der Waals surface area (Å²) in [6.07, 6.45) is 5.23. The van der Waals surface area contributed by atoms with Crippen LogP contribution in [0, 0.1) is 5.41 Å². The maximum absolute atomic E-state index is 6.01. The van der Waals surface area contributed by atoms with E-state index in [2.05, 4.69) is 22.2 Å². The number of nitrogens with zero attached hydrogens (tertiary/aromatic N) is 2. The molecular formula is C14H22ClN3O. The standard InChI is InChI=1S/C14H22ClN3O/c1-3-19-9-13-17-11(15)8-12(18-13)16-10-14(2)6-4-5-7-14/h8H,3-7,9-10H2,1-2H3,(H,16,17,18). The fourth-order valence-corrected chi connectivity index (χ4v) is 2.72. The van der Waals surface area contributed by atoms with Crippen molar-refractivity contribution in [1.29, 1.82) is 0 Å². The van der Waals surface area contributed by atoms with Crippen LogP contribution < -0.4 is 5.32 Å².